The molecule has 0 unspecified atom stereocenters. The van der Waals surface area contributed by atoms with Gasteiger partial charge in [0.25, 0.3) is 5.91 Å². The number of nitrogens with one attached hydrogen (secondary N) is 1. The number of benzene rings is 2. The van der Waals surface area contributed by atoms with E-state index < -0.39 is 21.8 Å². The molecule has 2 aromatic carbocycles. The van der Waals surface area contributed by atoms with Crippen LogP contribution in [-0.4, -0.2) is 47.4 Å². The van der Waals surface area contributed by atoms with Crippen molar-refractivity contribution in [3.8, 4) is 23.0 Å². The van der Waals surface area contributed by atoms with Crippen LogP contribution in [0.4, 0.5) is 0 Å². The van der Waals surface area contributed by atoms with E-state index in [-0.39, 0.29) is 17.1 Å². The Morgan fingerprint density at radius 2 is 1.97 bits per heavy atom. The zero-order valence-electron chi connectivity index (χ0n) is 18.6. The fraction of sp³-hybridized carbons (Fsp3) is 0.240. The molecule has 174 valence electrons. The van der Waals surface area contributed by atoms with E-state index in [2.05, 4.69) is 12.2 Å². The van der Waals surface area contributed by atoms with Crippen molar-refractivity contribution in [2.45, 2.75) is 24.3 Å². The van der Waals surface area contributed by atoms with Crippen molar-refractivity contribution in [2.75, 3.05) is 17.3 Å². The summed E-state index contributed by atoms with van der Waals surface area (Å²) in [6.45, 7) is 2.10. The molecule has 0 bridgehead atoms. The van der Waals surface area contributed by atoms with Gasteiger partial charge in [-0.15, -0.1) is 11.8 Å². The minimum Gasteiger partial charge on any atom is -0.348 e. The summed E-state index contributed by atoms with van der Waals surface area (Å²) in [7, 11) is -3.14. The number of carbonyl (C=O) groups is 1. The van der Waals surface area contributed by atoms with Gasteiger partial charge in [-0.3, -0.25) is 4.79 Å². The minimum atomic E-state index is -3.14. The Morgan fingerprint density at radius 3 is 2.59 bits per heavy atom. The molecule has 0 radical (unpaired) electrons. The molecular weight excluding hydrogens is 468 g/mol. The molecule has 1 atom stereocenters. The van der Waals surface area contributed by atoms with E-state index in [9.17, 15) is 18.5 Å². The zero-order valence-corrected chi connectivity index (χ0v) is 20.3. The highest BCUT2D eigenvalue weighted by atomic mass is 32.2. The lowest BCUT2D eigenvalue weighted by Gasteiger charge is -2.09. The third-order valence-electron chi connectivity index (χ3n) is 5.43. The molecule has 4 rings (SSSR count). The average molecular weight is 493 g/mol. The summed E-state index contributed by atoms with van der Waals surface area (Å²) in [4.78, 5) is 13.9. The van der Waals surface area contributed by atoms with Gasteiger partial charge in [0, 0.05) is 28.3 Å². The number of carbonyl (C=O) groups excluding carboxylic acids is 1. The lowest BCUT2D eigenvalue weighted by molar-refractivity contribution is -0.117. The first kappa shape index (κ1) is 23.8. The number of sulfone groups is 1. The quantitative estimate of drug-likeness (QED) is 0.305. The van der Waals surface area contributed by atoms with E-state index in [0.717, 1.165) is 21.9 Å². The summed E-state index contributed by atoms with van der Waals surface area (Å²) < 4.78 is 25.1. The van der Waals surface area contributed by atoms with Crippen LogP contribution in [0.5, 0.6) is 0 Å². The van der Waals surface area contributed by atoms with Gasteiger partial charge in [-0.05, 0) is 42.5 Å². The number of aromatic nitrogens is 2. The number of nitriles is 1. The number of thioether (sulfide) groups is 1. The van der Waals surface area contributed by atoms with Gasteiger partial charge in [-0.1, -0.05) is 37.3 Å². The van der Waals surface area contributed by atoms with Crippen LogP contribution >= 0.6 is 11.8 Å². The van der Waals surface area contributed by atoms with Gasteiger partial charge in [-0.25, -0.2) is 13.1 Å². The number of amides is 1. The van der Waals surface area contributed by atoms with E-state index in [1.807, 2.05) is 60.7 Å². The summed E-state index contributed by atoms with van der Waals surface area (Å²) >= 11 is 1.74. The molecule has 1 aliphatic heterocycles. The van der Waals surface area contributed by atoms with Crippen LogP contribution in [0.1, 0.15) is 18.9 Å². The van der Waals surface area contributed by atoms with Gasteiger partial charge in [0.15, 0.2) is 9.84 Å². The van der Waals surface area contributed by atoms with Gasteiger partial charge in [0.1, 0.15) is 11.6 Å². The van der Waals surface area contributed by atoms with Crippen molar-refractivity contribution < 1.29 is 13.2 Å². The summed E-state index contributed by atoms with van der Waals surface area (Å²) in [5.74, 6) is 0.331. The summed E-state index contributed by atoms with van der Waals surface area (Å²) in [5.41, 5.74) is 2.87. The van der Waals surface area contributed by atoms with Crippen LogP contribution in [-0.2, 0) is 14.6 Å². The Bertz CT molecular complexity index is 1360. The third-order valence-corrected chi connectivity index (χ3v) is 8.10. The topological polar surface area (TPSA) is 105 Å². The van der Waals surface area contributed by atoms with E-state index in [0.29, 0.717) is 17.7 Å². The molecule has 0 spiro atoms. The Morgan fingerprint density at radius 1 is 1.24 bits per heavy atom. The highest BCUT2D eigenvalue weighted by Crippen LogP contribution is 2.28. The van der Waals surface area contributed by atoms with Crippen molar-refractivity contribution >= 4 is 33.6 Å². The Hall–Kier alpha value is -3.35. The van der Waals surface area contributed by atoms with Crippen molar-refractivity contribution in [3.05, 3.63) is 71.9 Å². The second kappa shape index (κ2) is 10.3. The standard InChI is InChI=1S/C25H24N4O3S2/c1-2-33-23-10-8-18(9-11-23)24-20(16-29(28-24)22-6-4-3-5-7-22)14-19(15-26)25(30)27-21-12-13-34(31,32)17-21/h3-11,14,16,21H,2,12-13,17H2,1H3,(H,27,30)/b19-14-/t21-/m0/s1. The molecule has 0 aliphatic carbocycles. The molecule has 1 fully saturated rings. The summed E-state index contributed by atoms with van der Waals surface area (Å²) in [6, 6.07) is 19.1. The van der Waals surface area contributed by atoms with Crippen molar-refractivity contribution in [1.29, 1.82) is 5.26 Å². The lowest BCUT2D eigenvalue weighted by Crippen LogP contribution is -2.36. The van der Waals surface area contributed by atoms with Crippen LogP contribution in [0.3, 0.4) is 0 Å². The van der Waals surface area contributed by atoms with Crippen molar-refractivity contribution in [2.24, 2.45) is 0 Å². The lowest BCUT2D eigenvalue weighted by atomic mass is 10.1. The minimum absolute atomic E-state index is 0.0455. The molecule has 9 heteroatoms. The molecule has 1 aromatic heterocycles. The molecule has 1 aliphatic rings. The Balaban J connectivity index is 1.69. The first-order valence-corrected chi connectivity index (χ1v) is 13.7. The molecule has 1 saturated heterocycles. The van der Waals surface area contributed by atoms with Crippen molar-refractivity contribution in [1.82, 2.24) is 15.1 Å². The number of nitrogens with zero attached hydrogens (tertiary/aromatic N) is 3. The summed E-state index contributed by atoms with van der Waals surface area (Å²) in [5, 5.41) is 17.1. The highest BCUT2D eigenvalue weighted by Gasteiger charge is 2.29. The van der Waals surface area contributed by atoms with E-state index >= 15 is 0 Å². The molecule has 7 nitrogen and oxygen atoms in total. The normalized spacial score (nSPS) is 17.3. The van der Waals surface area contributed by atoms with Gasteiger partial charge in [0.05, 0.1) is 22.9 Å². The highest BCUT2D eigenvalue weighted by molar-refractivity contribution is 7.99. The maximum atomic E-state index is 12.8. The molecule has 34 heavy (non-hydrogen) atoms. The van der Waals surface area contributed by atoms with Gasteiger partial charge >= 0.3 is 0 Å². The van der Waals surface area contributed by atoms with Crippen LogP contribution in [0.25, 0.3) is 23.0 Å². The molecule has 3 aromatic rings. The fourth-order valence-electron chi connectivity index (χ4n) is 3.78. The number of hydrogen-bond acceptors (Lipinski definition) is 6. The first-order chi connectivity index (χ1) is 16.4. The van der Waals surface area contributed by atoms with E-state index in [4.69, 9.17) is 5.10 Å². The smallest absolute Gasteiger partial charge is 0.262 e. The second-order valence-electron chi connectivity index (χ2n) is 7.91. The molecular formula is C25H24N4O3S2. The number of rotatable bonds is 7. The molecule has 1 amide bonds. The zero-order chi connectivity index (χ0) is 24.1. The monoisotopic (exact) mass is 492 g/mol. The first-order valence-electron chi connectivity index (χ1n) is 10.9. The predicted molar refractivity (Wildman–Crippen MR) is 134 cm³/mol. The number of para-hydroxylation sites is 1. The maximum absolute atomic E-state index is 12.8. The fourth-order valence-corrected chi connectivity index (χ4v) is 6.12. The van der Waals surface area contributed by atoms with Crippen molar-refractivity contribution in [3.63, 3.8) is 0 Å². The second-order valence-corrected chi connectivity index (χ2v) is 11.5. The largest absolute Gasteiger partial charge is 0.348 e. The molecule has 1 N–H and O–H groups in total. The van der Waals surface area contributed by atoms with Crippen LogP contribution in [0.2, 0.25) is 0 Å². The average Bonchev–Trinajstić information content (AvgIpc) is 3.41. The van der Waals surface area contributed by atoms with Gasteiger partial charge in [0.2, 0.25) is 0 Å². The van der Waals surface area contributed by atoms with E-state index in [1.165, 1.54) is 6.08 Å². The van der Waals surface area contributed by atoms with Crippen LogP contribution in [0.15, 0.2) is 71.3 Å². The number of hydrogen-bond donors (Lipinski definition) is 1. The Kier molecular flexibility index (Phi) is 7.20. The van der Waals surface area contributed by atoms with Gasteiger partial charge in [-0.2, -0.15) is 10.4 Å². The molecule has 2 heterocycles. The maximum Gasteiger partial charge on any atom is 0.262 e. The SMILES string of the molecule is CCSc1ccc(-c2nn(-c3ccccc3)cc2/C=C(/C#N)C(=O)N[C@H]2CCS(=O)(=O)C2)cc1. The molecule has 0 saturated carbocycles. The van der Waals surface area contributed by atoms with Crippen LogP contribution < -0.4 is 5.32 Å². The summed E-state index contributed by atoms with van der Waals surface area (Å²) in [6.07, 6.45) is 3.64. The third kappa shape index (κ3) is 5.58. The van der Waals surface area contributed by atoms with Crippen LogP contribution in [0, 0.1) is 11.3 Å². The predicted octanol–water partition coefficient (Wildman–Crippen LogP) is 3.86. The van der Waals surface area contributed by atoms with E-state index in [1.54, 1.807) is 22.6 Å². The van der Waals surface area contributed by atoms with Gasteiger partial charge < -0.3 is 5.32 Å². The Labute approximate surface area is 203 Å².